The molecule has 0 spiro atoms. The van der Waals surface area contributed by atoms with Crippen molar-refractivity contribution in [3.05, 3.63) is 63.5 Å². The Hall–Kier alpha value is -1.87. The summed E-state index contributed by atoms with van der Waals surface area (Å²) >= 11 is 3.60. The van der Waals surface area contributed by atoms with Gasteiger partial charge in [-0.15, -0.1) is 5.10 Å². The maximum Gasteiger partial charge on any atom is 0.234 e. The molecule has 3 rings (SSSR count). The SMILES string of the molecule is Cc1cc(I)cc(C)c1NC(=O)CSc1ncn(-c2ccccc2)n1. The third-order valence-electron chi connectivity index (χ3n) is 3.59. The summed E-state index contributed by atoms with van der Waals surface area (Å²) in [6, 6.07) is 13.9. The zero-order chi connectivity index (χ0) is 17.8. The quantitative estimate of drug-likeness (QED) is 0.454. The van der Waals surface area contributed by atoms with E-state index >= 15 is 0 Å². The number of hydrogen-bond acceptors (Lipinski definition) is 4. The molecule has 2 aromatic carbocycles. The van der Waals surface area contributed by atoms with E-state index in [4.69, 9.17) is 0 Å². The number of carbonyl (C=O) groups excluding carboxylic acids is 1. The average Bonchev–Trinajstić information content (AvgIpc) is 3.06. The Balaban J connectivity index is 1.61. The first kappa shape index (κ1) is 17.9. The molecule has 1 aromatic heterocycles. The standard InChI is InChI=1S/C18H17IN4OS/c1-12-8-14(19)9-13(2)17(12)21-16(24)10-25-18-20-11-23(22-18)15-6-4-3-5-7-15/h3-9,11H,10H2,1-2H3,(H,21,24). The molecule has 0 aliphatic rings. The lowest BCUT2D eigenvalue weighted by molar-refractivity contribution is -0.113. The Morgan fingerprint density at radius 2 is 1.88 bits per heavy atom. The fourth-order valence-electron chi connectivity index (χ4n) is 2.43. The van der Waals surface area contributed by atoms with Crippen molar-refractivity contribution in [1.29, 1.82) is 0 Å². The van der Waals surface area contributed by atoms with E-state index in [9.17, 15) is 4.79 Å². The predicted molar refractivity (Wildman–Crippen MR) is 109 cm³/mol. The zero-order valence-electron chi connectivity index (χ0n) is 13.9. The molecule has 0 radical (unpaired) electrons. The molecule has 128 valence electrons. The highest BCUT2D eigenvalue weighted by atomic mass is 127. The molecule has 25 heavy (non-hydrogen) atoms. The van der Waals surface area contributed by atoms with Crippen molar-refractivity contribution in [3.63, 3.8) is 0 Å². The lowest BCUT2D eigenvalue weighted by Gasteiger charge is -2.11. The summed E-state index contributed by atoms with van der Waals surface area (Å²) in [6.45, 7) is 4.00. The molecule has 7 heteroatoms. The molecule has 5 nitrogen and oxygen atoms in total. The molecular weight excluding hydrogens is 447 g/mol. The molecule has 0 unspecified atom stereocenters. The monoisotopic (exact) mass is 464 g/mol. The van der Waals surface area contributed by atoms with Gasteiger partial charge in [-0.05, 0) is 71.8 Å². The molecule has 0 saturated heterocycles. The van der Waals surface area contributed by atoms with Crippen molar-refractivity contribution in [2.75, 3.05) is 11.1 Å². The smallest absolute Gasteiger partial charge is 0.234 e. The number of amides is 1. The van der Waals surface area contributed by atoms with Gasteiger partial charge in [0.05, 0.1) is 11.4 Å². The van der Waals surface area contributed by atoms with Crippen LogP contribution in [-0.4, -0.2) is 26.4 Å². The Morgan fingerprint density at radius 3 is 2.56 bits per heavy atom. The van der Waals surface area contributed by atoms with Crippen molar-refractivity contribution in [3.8, 4) is 5.69 Å². The van der Waals surface area contributed by atoms with Gasteiger partial charge in [0.1, 0.15) is 6.33 Å². The summed E-state index contributed by atoms with van der Waals surface area (Å²) in [6.07, 6.45) is 1.66. The minimum Gasteiger partial charge on any atom is -0.325 e. The molecular formula is C18H17IN4OS. The molecule has 1 amide bonds. The maximum atomic E-state index is 12.3. The van der Waals surface area contributed by atoms with Crippen LogP contribution in [0.25, 0.3) is 5.69 Å². The molecule has 1 heterocycles. The fourth-order valence-corrected chi connectivity index (χ4v) is 3.97. The van der Waals surface area contributed by atoms with Crippen molar-refractivity contribution in [2.24, 2.45) is 0 Å². The summed E-state index contributed by atoms with van der Waals surface area (Å²) in [7, 11) is 0. The zero-order valence-corrected chi connectivity index (χ0v) is 16.8. The lowest BCUT2D eigenvalue weighted by atomic mass is 10.1. The highest BCUT2D eigenvalue weighted by Gasteiger charge is 2.11. The van der Waals surface area contributed by atoms with Crippen molar-refractivity contribution in [2.45, 2.75) is 19.0 Å². The van der Waals surface area contributed by atoms with E-state index in [0.717, 1.165) is 26.1 Å². The Morgan fingerprint density at radius 1 is 1.20 bits per heavy atom. The Kier molecular flexibility index (Phi) is 5.74. The molecule has 0 bridgehead atoms. The van der Waals surface area contributed by atoms with Gasteiger partial charge >= 0.3 is 0 Å². The number of anilines is 1. The van der Waals surface area contributed by atoms with Gasteiger partial charge < -0.3 is 5.32 Å². The van der Waals surface area contributed by atoms with E-state index in [1.54, 1.807) is 11.0 Å². The normalized spacial score (nSPS) is 10.7. The molecule has 0 fully saturated rings. The summed E-state index contributed by atoms with van der Waals surface area (Å²) < 4.78 is 2.86. The third kappa shape index (κ3) is 4.60. The lowest BCUT2D eigenvalue weighted by Crippen LogP contribution is -2.16. The van der Waals surface area contributed by atoms with E-state index in [1.807, 2.05) is 44.2 Å². The Bertz CT molecular complexity index is 872. The van der Waals surface area contributed by atoms with Gasteiger partial charge in [0.15, 0.2) is 0 Å². The van der Waals surface area contributed by atoms with Crippen LogP contribution in [0.5, 0.6) is 0 Å². The average molecular weight is 464 g/mol. The first-order valence-corrected chi connectivity index (χ1v) is 9.76. The van der Waals surface area contributed by atoms with Gasteiger partial charge in [-0.1, -0.05) is 30.0 Å². The minimum atomic E-state index is -0.0616. The summed E-state index contributed by atoms with van der Waals surface area (Å²) in [4.78, 5) is 16.5. The van der Waals surface area contributed by atoms with Gasteiger partial charge in [0.2, 0.25) is 11.1 Å². The van der Waals surface area contributed by atoms with Crippen LogP contribution < -0.4 is 5.32 Å². The second-order valence-electron chi connectivity index (χ2n) is 5.56. The van der Waals surface area contributed by atoms with Crippen molar-refractivity contribution < 1.29 is 4.79 Å². The number of rotatable bonds is 5. The number of hydrogen-bond donors (Lipinski definition) is 1. The second-order valence-corrected chi connectivity index (χ2v) is 7.75. The van der Waals surface area contributed by atoms with Crippen LogP contribution in [0.1, 0.15) is 11.1 Å². The number of nitrogens with one attached hydrogen (secondary N) is 1. The number of aromatic nitrogens is 3. The van der Waals surface area contributed by atoms with Gasteiger partial charge in [-0.2, -0.15) is 0 Å². The Labute approximate surface area is 164 Å². The molecule has 0 saturated carbocycles. The van der Waals surface area contributed by atoms with Crippen LogP contribution in [0.3, 0.4) is 0 Å². The first-order valence-electron chi connectivity index (χ1n) is 7.69. The van der Waals surface area contributed by atoms with Gasteiger partial charge in [0, 0.05) is 9.26 Å². The van der Waals surface area contributed by atoms with E-state index in [0.29, 0.717) is 5.16 Å². The predicted octanol–water partition coefficient (Wildman–Crippen LogP) is 4.22. The number of halogens is 1. The van der Waals surface area contributed by atoms with Crippen LogP contribution in [0.15, 0.2) is 53.9 Å². The van der Waals surface area contributed by atoms with Gasteiger partial charge in [-0.3, -0.25) is 4.79 Å². The summed E-state index contributed by atoms with van der Waals surface area (Å²) in [5, 5.41) is 7.96. The maximum absolute atomic E-state index is 12.3. The van der Waals surface area contributed by atoms with E-state index in [-0.39, 0.29) is 11.7 Å². The molecule has 0 aliphatic carbocycles. The number of aryl methyl sites for hydroxylation is 2. The second kappa shape index (κ2) is 8.01. The van der Waals surface area contributed by atoms with Crippen LogP contribution >= 0.6 is 34.4 Å². The topological polar surface area (TPSA) is 59.8 Å². The van der Waals surface area contributed by atoms with E-state index in [2.05, 4.69) is 50.1 Å². The van der Waals surface area contributed by atoms with Crippen LogP contribution in [0.2, 0.25) is 0 Å². The molecule has 0 aliphatic heterocycles. The van der Waals surface area contributed by atoms with Crippen LogP contribution in [-0.2, 0) is 4.79 Å². The van der Waals surface area contributed by atoms with Crippen LogP contribution in [0.4, 0.5) is 5.69 Å². The van der Waals surface area contributed by atoms with Crippen LogP contribution in [0, 0.1) is 17.4 Å². The molecule has 0 atom stereocenters. The van der Waals surface area contributed by atoms with Crippen molar-refractivity contribution >= 4 is 45.9 Å². The van der Waals surface area contributed by atoms with Gasteiger partial charge in [0.25, 0.3) is 0 Å². The van der Waals surface area contributed by atoms with E-state index < -0.39 is 0 Å². The summed E-state index contributed by atoms with van der Waals surface area (Å²) in [5.74, 6) is 0.206. The highest BCUT2D eigenvalue weighted by Crippen LogP contribution is 2.23. The molecule has 3 aromatic rings. The number of nitrogens with zero attached hydrogens (tertiary/aromatic N) is 3. The molecule has 1 N–H and O–H groups in total. The van der Waals surface area contributed by atoms with E-state index in [1.165, 1.54) is 11.8 Å². The third-order valence-corrected chi connectivity index (χ3v) is 5.06. The number of carbonyl (C=O) groups is 1. The number of thioether (sulfide) groups is 1. The summed E-state index contributed by atoms with van der Waals surface area (Å²) in [5.41, 5.74) is 3.95. The first-order chi connectivity index (χ1) is 12.0. The highest BCUT2D eigenvalue weighted by molar-refractivity contribution is 14.1. The fraction of sp³-hybridized carbons (Fsp3) is 0.167. The number of benzene rings is 2. The van der Waals surface area contributed by atoms with Gasteiger partial charge in [-0.25, -0.2) is 9.67 Å². The largest absolute Gasteiger partial charge is 0.325 e. The minimum absolute atomic E-state index is 0.0616. The number of para-hydroxylation sites is 1. The van der Waals surface area contributed by atoms with Crippen molar-refractivity contribution in [1.82, 2.24) is 14.8 Å².